The van der Waals surface area contributed by atoms with E-state index >= 15 is 0 Å². The van der Waals surface area contributed by atoms with Gasteiger partial charge >= 0.3 is 0 Å². The Kier molecular flexibility index (Phi) is 6.04. The van der Waals surface area contributed by atoms with Crippen LogP contribution in [0.1, 0.15) is 32.9 Å². The standard InChI is InChI=1S/C23H25N3O2/c1-17-21(18(2)25(3)24-17)22(27)23(28)26(16-20-12-8-5-9-13-20)15-14-19-10-6-4-7-11-19/h4-13H,14-16H2,1-3H3. The molecule has 1 heterocycles. The number of rotatable bonds is 7. The summed E-state index contributed by atoms with van der Waals surface area (Å²) in [5.41, 5.74) is 3.83. The number of aromatic nitrogens is 2. The summed E-state index contributed by atoms with van der Waals surface area (Å²) in [5, 5.41) is 4.28. The summed E-state index contributed by atoms with van der Waals surface area (Å²) in [6.07, 6.45) is 0.692. The first kappa shape index (κ1) is 19.5. The topological polar surface area (TPSA) is 55.2 Å². The van der Waals surface area contributed by atoms with E-state index in [0.29, 0.717) is 36.5 Å². The molecule has 5 heteroatoms. The fourth-order valence-corrected chi connectivity index (χ4v) is 3.32. The zero-order valence-corrected chi connectivity index (χ0v) is 16.6. The minimum absolute atomic E-state index is 0.399. The summed E-state index contributed by atoms with van der Waals surface area (Å²) < 4.78 is 1.64. The first-order valence-corrected chi connectivity index (χ1v) is 9.39. The lowest BCUT2D eigenvalue weighted by Gasteiger charge is -2.22. The molecule has 0 bridgehead atoms. The molecule has 5 nitrogen and oxygen atoms in total. The van der Waals surface area contributed by atoms with Crippen LogP contribution < -0.4 is 0 Å². The molecule has 0 aliphatic rings. The van der Waals surface area contributed by atoms with Gasteiger partial charge in [-0.05, 0) is 31.4 Å². The predicted octanol–water partition coefficient (Wildman–Crippen LogP) is 3.49. The molecule has 0 spiro atoms. The van der Waals surface area contributed by atoms with E-state index < -0.39 is 11.7 Å². The molecule has 0 N–H and O–H groups in total. The molecule has 144 valence electrons. The van der Waals surface area contributed by atoms with Crippen LogP contribution in [0.5, 0.6) is 0 Å². The summed E-state index contributed by atoms with van der Waals surface area (Å²) >= 11 is 0. The van der Waals surface area contributed by atoms with Gasteiger partial charge in [0.2, 0.25) is 0 Å². The second-order valence-electron chi connectivity index (χ2n) is 6.95. The van der Waals surface area contributed by atoms with Gasteiger partial charge in [0.25, 0.3) is 11.7 Å². The third-order valence-electron chi connectivity index (χ3n) is 4.95. The maximum absolute atomic E-state index is 13.1. The second kappa shape index (κ2) is 8.65. The molecule has 0 saturated carbocycles. The number of hydrogen-bond acceptors (Lipinski definition) is 3. The van der Waals surface area contributed by atoms with Crippen molar-refractivity contribution in [2.24, 2.45) is 7.05 Å². The van der Waals surface area contributed by atoms with Crippen LogP contribution in [0.3, 0.4) is 0 Å². The van der Waals surface area contributed by atoms with Gasteiger partial charge in [0.05, 0.1) is 11.3 Å². The third-order valence-corrected chi connectivity index (χ3v) is 4.95. The molecule has 0 atom stereocenters. The van der Waals surface area contributed by atoms with Crippen LogP contribution in [0.25, 0.3) is 0 Å². The van der Waals surface area contributed by atoms with Crippen molar-refractivity contribution < 1.29 is 9.59 Å². The summed E-state index contributed by atoms with van der Waals surface area (Å²) in [4.78, 5) is 27.8. The molecule has 1 aromatic heterocycles. The van der Waals surface area contributed by atoms with Gasteiger partial charge in [-0.2, -0.15) is 5.10 Å². The lowest BCUT2D eigenvalue weighted by Crippen LogP contribution is -2.38. The smallest absolute Gasteiger partial charge is 0.295 e. The molecule has 0 radical (unpaired) electrons. The number of amides is 1. The van der Waals surface area contributed by atoms with E-state index in [-0.39, 0.29) is 0 Å². The molecule has 3 aromatic rings. The number of benzene rings is 2. The number of carbonyl (C=O) groups excluding carboxylic acids is 2. The Balaban J connectivity index is 1.84. The average Bonchev–Trinajstić information content (AvgIpc) is 2.97. The molecule has 1 amide bonds. The number of Topliss-reactive ketones (excluding diaryl/α,β-unsaturated/α-hetero) is 1. The lowest BCUT2D eigenvalue weighted by atomic mass is 10.1. The Morgan fingerprint density at radius 1 is 0.929 bits per heavy atom. The highest BCUT2D eigenvalue weighted by Crippen LogP contribution is 2.16. The van der Waals surface area contributed by atoms with Gasteiger partial charge in [0, 0.05) is 25.8 Å². The SMILES string of the molecule is Cc1nn(C)c(C)c1C(=O)C(=O)N(CCc1ccccc1)Cc1ccccc1. The molecule has 0 unspecified atom stereocenters. The van der Waals surface area contributed by atoms with E-state index in [2.05, 4.69) is 5.10 Å². The molecule has 28 heavy (non-hydrogen) atoms. The van der Waals surface area contributed by atoms with Crippen LogP contribution in [-0.4, -0.2) is 32.9 Å². The quantitative estimate of drug-likeness (QED) is 0.469. The predicted molar refractivity (Wildman–Crippen MR) is 109 cm³/mol. The van der Waals surface area contributed by atoms with E-state index in [9.17, 15) is 9.59 Å². The average molecular weight is 375 g/mol. The van der Waals surface area contributed by atoms with Crippen LogP contribution in [0.15, 0.2) is 60.7 Å². The van der Waals surface area contributed by atoms with Crippen molar-refractivity contribution in [1.29, 1.82) is 0 Å². The first-order valence-electron chi connectivity index (χ1n) is 9.39. The fourth-order valence-electron chi connectivity index (χ4n) is 3.32. The number of hydrogen-bond donors (Lipinski definition) is 0. The maximum Gasteiger partial charge on any atom is 0.295 e. The number of aryl methyl sites for hydroxylation is 2. The van der Waals surface area contributed by atoms with Crippen molar-refractivity contribution in [3.63, 3.8) is 0 Å². The maximum atomic E-state index is 13.1. The van der Waals surface area contributed by atoms with Gasteiger partial charge in [-0.15, -0.1) is 0 Å². The van der Waals surface area contributed by atoms with E-state index in [0.717, 1.165) is 11.1 Å². The summed E-state index contributed by atoms with van der Waals surface area (Å²) in [7, 11) is 1.78. The third kappa shape index (κ3) is 4.36. The van der Waals surface area contributed by atoms with Gasteiger partial charge in [-0.3, -0.25) is 14.3 Å². The first-order chi connectivity index (χ1) is 13.5. The van der Waals surface area contributed by atoms with Crippen molar-refractivity contribution in [2.75, 3.05) is 6.54 Å². The van der Waals surface area contributed by atoms with Crippen molar-refractivity contribution >= 4 is 11.7 Å². The van der Waals surface area contributed by atoms with E-state index in [1.165, 1.54) is 0 Å². The highest BCUT2D eigenvalue weighted by Gasteiger charge is 2.28. The Morgan fingerprint density at radius 2 is 1.50 bits per heavy atom. The Hall–Kier alpha value is -3.21. The van der Waals surface area contributed by atoms with Crippen molar-refractivity contribution in [2.45, 2.75) is 26.8 Å². The van der Waals surface area contributed by atoms with Crippen LogP contribution >= 0.6 is 0 Å². The highest BCUT2D eigenvalue weighted by molar-refractivity contribution is 6.43. The number of carbonyl (C=O) groups is 2. The normalized spacial score (nSPS) is 10.7. The number of ketones is 1. The van der Waals surface area contributed by atoms with Crippen LogP contribution in [0.2, 0.25) is 0 Å². The Bertz CT molecular complexity index is 962. The Morgan fingerprint density at radius 3 is 2.04 bits per heavy atom. The van der Waals surface area contributed by atoms with Gasteiger partial charge in [0.15, 0.2) is 0 Å². The van der Waals surface area contributed by atoms with Gasteiger partial charge in [0.1, 0.15) is 0 Å². The van der Waals surface area contributed by atoms with Crippen LogP contribution in [0, 0.1) is 13.8 Å². The van der Waals surface area contributed by atoms with E-state index in [4.69, 9.17) is 0 Å². The Labute approximate surface area is 165 Å². The molecule has 0 fully saturated rings. The molecular weight excluding hydrogens is 350 g/mol. The zero-order valence-electron chi connectivity index (χ0n) is 16.6. The highest BCUT2D eigenvalue weighted by atomic mass is 16.2. The van der Waals surface area contributed by atoms with E-state index in [1.807, 2.05) is 67.6 Å². The lowest BCUT2D eigenvalue weighted by molar-refractivity contribution is -0.127. The van der Waals surface area contributed by atoms with Gasteiger partial charge in [-0.25, -0.2) is 0 Å². The second-order valence-corrected chi connectivity index (χ2v) is 6.95. The summed E-state index contributed by atoms with van der Waals surface area (Å²) in [6.45, 7) is 4.45. The van der Waals surface area contributed by atoms with Crippen LogP contribution in [0.4, 0.5) is 0 Å². The molecule has 0 aliphatic carbocycles. The van der Waals surface area contributed by atoms with Gasteiger partial charge in [-0.1, -0.05) is 60.7 Å². The minimum atomic E-state index is -0.493. The largest absolute Gasteiger partial charge is 0.331 e. The molecular formula is C23H25N3O2. The van der Waals surface area contributed by atoms with Crippen molar-refractivity contribution in [3.8, 4) is 0 Å². The fraction of sp³-hybridized carbons (Fsp3) is 0.261. The zero-order chi connectivity index (χ0) is 20.1. The summed E-state index contributed by atoms with van der Waals surface area (Å²) in [5.74, 6) is -0.980. The van der Waals surface area contributed by atoms with Crippen molar-refractivity contribution in [3.05, 3.63) is 88.7 Å². The van der Waals surface area contributed by atoms with Crippen molar-refractivity contribution in [1.82, 2.24) is 14.7 Å². The molecule has 2 aromatic carbocycles. The number of nitrogens with zero attached hydrogens (tertiary/aromatic N) is 3. The van der Waals surface area contributed by atoms with Gasteiger partial charge < -0.3 is 4.90 Å². The molecule has 0 saturated heterocycles. The van der Waals surface area contributed by atoms with E-state index in [1.54, 1.807) is 23.6 Å². The molecule has 0 aliphatic heterocycles. The van der Waals surface area contributed by atoms with Crippen LogP contribution in [-0.2, 0) is 24.8 Å². The molecule has 3 rings (SSSR count). The monoisotopic (exact) mass is 375 g/mol. The summed E-state index contributed by atoms with van der Waals surface area (Å²) in [6, 6.07) is 19.7. The minimum Gasteiger partial charge on any atom is -0.331 e.